The number of nitro groups is 1. The Morgan fingerprint density at radius 3 is 2.85 bits per heavy atom. The van der Waals surface area contributed by atoms with Crippen molar-refractivity contribution >= 4 is 30.8 Å². The lowest BCUT2D eigenvalue weighted by Crippen LogP contribution is -2.11. The molecule has 0 bridgehead atoms. The summed E-state index contributed by atoms with van der Waals surface area (Å²) in [4.78, 5) is 18.6. The molecule has 1 atom stereocenters. The first-order valence-electron chi connectivity index (χ1n) is 5.61. The molecule has 1 unspecified atom stereocenters. The predicted molar refractivity (Wildman–Crippen MR) is 76.4 cm³/mol. The second-order valence-electron chi connectivity index (χ2n) is 3.95. The van der Waals surface area contributed by atoms with E-state index in [4.69, 9.17) is 7.85 Å². The molecule has 1 N–H and O–H groups in total. The van der Waals surface area contributed by atoms with Gasteiger partial charge in [0.15, 0.2) is 5.16 Å². The molecule has 100 valence electrons. The average molecular weight is 287 g/mol. The zero-order valence-corrected chi connectivity index (χ0v) is 11.4. The van der Waals surface area contributed by atoms with E-state index in [1.807, 2.05) is 0 Å². The van der Waals surface area contributed by atoms with Crippen LogP contribution in [0.1, 0.15) is 17.4 Å². The second kappa shape index (κ2) is 6.02. The van der Waals surface area contributed by atoms with E-state index >= 15 is 0 Å². The third-order valence-corrected chi connectivity index (χ3v) is 3.22. The molecule has 0 aliphatic heterocycles. The first-order valence-corrected chi connectivity index (χ1v) is 6.84. The van der Waals surface area contributed by atoms with Crippen molar-refractivity contribution in [1.29, 1.82) is 0 Å². The molecule has 0 saturated carbocycles. The maximum absolute atomic E-state index is 11.0. The Morgan fingerprint density at radius 2 is 2.20 bits per heavy atom. The monoisotopic (exact) mass is 287 g/mol. The van der Waals surface area contributed by atoms with Crippen molar-refractivity contribution in [2.45, 2.75) is 11.3 Å². The molecular formula is C12H10BN3O3S. The summed E-state index contributed by atoms with van der Waals surface area (Å²) in [5, 5.41) is 21.8. The van der Waals surface area contributed by atoms with Gasteiger partial charge in [0, 0.05) is 12.3 Å². The fourth-order valence-electron chi connectivity index (χ4n) is 1.72. The van der Waals surface area contributed by atoms with Crippen LogP contribution in [0.25, 0.3) is 0 Å². The van der Waals surface area contributed by atoms with E-state index in [0.29, 0.717) is 10.6 Å². The normalized spacial score (nSPS) is 12.1. The molecule has 0 saturated heterocycles. The number of hydrogen-bond donors (Lipinski definition) is 1. The number of nitrogens with zero attached hydrogens (tertiary/aromatic N) is 3. The molecule has 0 spiro atoms. The highest BCUT2D eigenvalue weighted by Crippen LogP contribution is 2.28. The third-order valence-electron chi connectivity index (χ3n) is 2.66. The van der Waals surface area contributed by atoms with Crippen LogP contribution in [0.3, 0.4) is 0 Å². The molecule has 2 rings (SSSR count). The summed E-state index contributed by atoms with van der Waals surface area (Å²) in [7, 11) is 5.63. The lowest BCUT2D eigenvalue weighted by Gasteiger charge is -2.12. The Morgan fingerprint density at radius 1 is 1.45 bits per heavy atom. The highest BCUT2D eigenvalue weighted by atomic mass is 32.2. The number of aliphatic hydroxyl groups excluding tert-OH is 1. The first-order chi connectivity index (χ1) is 9.52. The summed E-state index contributed by atoms with van der Waals surface area (Å²) in [5.41, 5.74) is 0.540. The fraction of sp³-hybridized carbons (Fsp3) is 0.167. The maximum Gasteiger partial charge on any atom is 0.275 e. The van der Waals surface area contributed by atoms with Crippen LogP contribution in [0.2, 0.25) is 0 Å². The van der Waals surface area contributed by atoms with E-state index in [2.05, 4.69) is 9.97 Å². The number of aromatic nitrogens is 2. The van der Waals surface area contributed by atoms with Gasteiger partial charge in [0.1, 0.15) is 14.0 Å². The molecular weight excluding hydrogens is 277 g/mol. The van der Waals surface area contributed by atoms with Crippen LogP contribution >= 0.6 is 11.8 Å². The average Bonchev–Trinajstić information content (AvgIpc) is 2.46. The molecule has 8 heteroatoms. The molecule has 1 aromatic heterocycles. The van der Waals surface area contributed by atoms with E-state index in [0.717, 1.165) is 0 Å². The van der Waals surface area contributed by atoms with E-state index in [9.17, 15) is 15.2 Å². The molecule has 0 fully saturated rings. The topological polar surface area (TPSA) is 89.2 Å². The first kappa shape index (κ1) is 14.5. The van der Waals surface area contributed by atoms with Gasteiger partial charge in [0.2, 0.25) is 0 Å². The van der Waals surface area contributed by atoms with Gasteiger partial charge in [-0.05, 0) is 12.3 Å². The van der Waals surface area contributed by atoms with Gasteiger partial charge in [-0.25, -0.2) is 9.97 Å². The van der Waals surface area contributed by atoms with E-state index in [1.54, 1.807) is 6.26 Å². The number of nitro benzene ring substituents is 1. The molecule has 0 aliphatic carbocycles. The van der Waals surface area contributed by atoms with Gasteiger partial charge in [-0.3, -0.25) is 10.1 Å². The summed E-state index contributed by atoms with van der Waals surface area (Å²) >= 11 is 1.32. The summed E-state index contributed by atoms with van der Waals surface area (Å²) in [6.07, 6.45) is 2.07. The number of benzene rings is 1. The van der Waals surface area contributed by atoms with Crippen molar-refractivity contribution in [2.75, 3.05) is 6.26 Å². The minimum absolute atomic E-state index is 0.112. The van der Waals surface area contributed by atoms with Gasteiger partial charge in [-0.15, -0.1) is 0 Å². The van der Waals surface area contributed by atoms with Crippen LogP contribution < -0.4 is 5.46 Å². The fourth-order valence-corrected chi connectivity index (χ4v) is 2.09. The van der Waals surface area contributed by atoms with Crippen LogP contribution in [0.5, 0.6) is 0 Å². The molecule has 2 aromatic rings. The molecule has 0 amide bonds. The molecule has 20 heavy (non-hydrogen) atoms. The van der Waals surface area contributed by atoms with Crippen molar-refractivity contribution in [1.82, 2.24) is 9.97 Å². The molecule has 0 aliphatic rings. The standard InChI is InChI=1S/C12H10BN3O3S/c1-20-12-14-5-4-9(15-12)11(17)8-6-7(13)2-3-10(8)16(18)19/h2-6,11,17H,1H3. The van der Waals surface area contributed by atoms with Crippen LogP contribution in [0, 0.1) is 10.1 Å². The van der Waals surface area contributed by atoms with Crippen molar-refractivity contribution < 1.29 is 10.0 Å². The quantitative estimate of drug-likeness (QED) is 0.296. The van der Waals surface area contributed by atoms with Gasteiger partial charge >= 0.3 is 0 Å². The van der Waals surface area contributed by atoms with Crippen molar-refractivity contribution in [3.05, 3.63) is 51.8 Å². The number of hydrogen-bond acceptors (Lipinski definition) is 6. The second-order valence-corrected chi connectivity index (χ2v) is 4.72. The Balaban J connectivity index is 2.49. The van der Waals surface area contributed by atoms with Crippen LogP contribution in [0.15, 0.2) is 35.6 Å². The van der Waals surface area contributed by atoms with Crippen molar-refractivity contribution in [3.8, 4) is 0 Å². The van der Waals surface area contributed by atoms with Gasteiger partial charge < -0.3 is 5.11 Å². The van der Waals surface area contributed by atoms with Crippen molar-refractivity contribution in [2.24, 2.45) is 0 Å². The number of rotatable bonds is 4. The lowest BCUT2D eigenvalue weighted by molar-refractivity contribution is -0.386. The number of thioether (sulfide) groups is 1. The zero-order valence-electron chi connectivity index (χ0n) is 10.6. The summed E-state index contributed by atoms with van der Waals surface area (Å²) in [5.74, 6) is 0. The Kier molecular flexibility index (Phi) is 4.36. The SMILES string of the molecule is [B]c1ccc([N+](=O)[O-])c(C(O)c2ccnc(SC)n2)c1. The molecule has 1 aromatic carbocycles. The van der Waals surface area contributed by atoms with Gasteiger partial charge in [0.05, 0.1) is 16.2 Å². The molecule has 6 nitrogen and oxygen atoms in total. The minimum Gasteiger partial charge on any atom is -0.382 e. The highest BCUT2D eigenvalue weighted by Gasteiger charge is 2.23. The summed E-state index contributed by atoms with van der Waals surface area (Å²) in [6.45, 7) is 0. The largest absolute Gasteiger partial charge is 0.382 e. The smallest absolute Gasteiger partial charge is 0.275 e. The summed E-state index contributed by atoms with van der Waals surface area (Å²) < 4.78 is 0. The minimum atomic E-state index is -1.23. The van der Waals surface area contributed by atoms with Crippen LogP contribution in [0.4, 0.5) is 5.69 Å². The van der Waals surface area contributed by atoms with E-state index in [-0.39, 0.29) is 16.9 Å². The Labute approximate surface area is 120 Å². The summed E-state index contributed by atoms with van der Waals surface area (Å²) in [6, 6.07) is 5.58. The maximum atomic E-state index is 11.0. The van der Waals surface area contributed by atoms with Crippen LogP contribution in [-0.2, 0) is 0 Å². The third kappa shape index (κ3) is 2.97. The van der Waals surface area contributed by atoms with Gasteiger partial charge in [-0.1, -0.05) is 29.4 Å². The molecule has 2 radical (unpaired) electrons. The highest BCUT2D eigenvalue weighted by molar-refractivity contribution is 7.98. The Bertz CT molecular complexity index is 654. The van der Waals surface area contributed by atoms with Crippen molar-refractivity contribution in [3.63, 3.8) is 0 Å². The lowest BCUT2D eigenvalue weighted by atomic mass is 9.91. The Hall–Kier alpha value is -1.93. The van der Waals surface area contributed by atoms with E-state index < -0.39 is 11.0 Å². The molecule has 1 heterocycles. The van der Waals surface area contributed by atoms with Gasteiger partial charge in [-0.2, -0.15) is 0 Å². The predicted octanol–water partition coefficient (Wildman–Crippen LogP) is 0.982. The van der Waals surface area contributed by atoms with E-state index in [1.165, 1.54) is 42.2 Å². The number of aliphatic hydroxyl groups is 1. The van der Waals surface area contributed by atoms with Gasteiger partial charge in [0.25, 0.3) is 5.69 Å². The van der Waals surface area contributed by atoms with Crippen LogP contribution in [-0.4, -0.2) is 34.1 Å². The zero-order chi connectivity index (χ0) is 14.7.